The van der Waals surface area contributed by atoms with Crippen LogP contribution in [-0.4, -0.2) is 38.2 Å². The summed E-state index contributed by atoms with van der Waals surface area (Å²) in [5.74, 6) is -0.00560. The monoisotopic (exact) mass is 300 g/mol. The van der Waals surface area contributed by atoms with E-state index in [1.807, 2.05) is 18.1 Å². The van der Waals surface area contributed by atoms with Crippen LogP contribution in [0.2, 0.25) is 0 Å². The maximum atomic E-state index is 14.1. The Balaban J connectivity index is 3.07. The van der Waals surface area contributed by atoms with Gasteiger partial charge in [0.1, 0.15) is 5.82 Å². The fraction of sp³-hybridized carbons (Fsp3) is 0.500. The zero-order valence-corrected chi connectivity index (χ0v) is 13.1. The number of carbonyl (C=O) groups excluding carboxylic acids is 1. The summed E-state index contributed by atoms with van der Waals surface area (Å²) in [5, 5.41) is 0. The topological polar surface area (TPSA) is 55.6 Å². The van der Waals surface area contributed by atoms with Gasteiger partial charge < -0.3 is 15.4 Å². The average molecular weight is 300 g/mol. The van der Waals surface area contributed by atoms with Gasteiger partial charge in [-0.15, -0.1) is 0 Å². The number of anilines is 2. The molecule has 1 aromatic carbocycles. The molecule has 0 bridgehead atoms. The Morgan fingerprint density at radius 3 is 2.75 bits per heavy atom. The van der Waals surface area contributed by atoms with Crippen molar-refractivity contribution in [3.8, 4) is 0 Å². The summed E-state index contributed by atoms with van der Waals surface area (Å²) in [4.78, 5) is 13.4. The number of thioether (sulfide) groups is 1. The van der Waals surface area contributed by atoms with Gasteiger partial charge in [0.25, 0.3) is 0 Å². The molecule has 112 valence electrons. The van der Waals surface area contributed by atoms with Crippen LogP contribution in [0.4, 0.5) is 15.8 Å². The molecule has 0 heterocycles. The number of nitrogens with zero attached hydrogens (tertiary/aromatic N) is 1. The molecule has 0 spiro atoms. The zero-order chi connectivity index (χ0) is 15.3. The number of nitrogen functional groups attached to an aromatic ring is 1. The minimum Gasteiger partial charge on any atom is -0.465 e. The van der Waals surface area contributed by atoms with Gasteiger partial charge in [0.2, 0.25) is 0 Å². The van der Waals surface area contributed by atoms with E-state index < -0.39 is 11.8 Å². The highest BCUT2D eigenvalue weighted by atomic mass is 32.2. The third-order valence-electron chi connectivity index (χ3n) is 3.31. The lowest BCUT2D eigenvalue weighted by atomic mass is 10.1. The van der Waals surface area contributed by atoms with E-state index in [0.29, 0.717) is 5.69 Å². The van der Waals surface area contributed by atoms with Crippen LogP contribution < -0.4 is 10.6 Å². The van der Waals surface area contributed by atoms with Gasteiger partial charge in [0, 0.05) is 18.8 Å². The first-order valence-corrected chi connectivity index (χ1v) is 7.70. The Hall–Kier alpha value is -1.43. The minimum absolute atomic E-state index is 0.0864. The van der Waals surface area contributed by atoms with Crippen molar-refractivity contribution in [2.45, 2.75) is 19.4 Å². The number of carbonyl (C=O) groups is 1. The van der Waals surface area contributed by atoms with E-state index >= 15 is 0 Å². The van der Waals surface area contributed by atoms with Crippen molar-refractivity contribution in [1.82, 2.24) is 0 Å². The molecule has 0 saturated heterocycles. The first-order chi connectivity index (χ1) is 9.42. The number of nitrogens with two attached hydrogens (primary N) is 1. The van der Waals surface area contributed by atoms with E-state index in [2.05, 4.69) is 4.74 Å². The fourth-order valence-corrected chi connectivity index (χ4v) is 2.43. The van der Waals surface area contributed by atoms with Crippen molar-refractivity contribution in [3.63, 3.8) is 0 Å². The quantitative estimate of drug-likeness (QED) is 0.646. The molecule has 6 heteroatoms. The fourth-order valence-electron chi connectivity index (χ4n) is 1.85. The molecular formula is C14H21FN2O2S. The van der Waals surface area contributed by atoms with Crippen LogP contribution in [0.1, 0.15) is 23.7 Å². The molecule has 0 aromatic heterocycles. The lowest BCUT2D eigenvalue weighted by Gasteiger charge is -2.28. The molecule has 0 aliphatic rings. The van der Waals surface area contributed by atoms with Crippen molar-refractivity contribution in [2.75, 3.05) is 36.8 Å². The lowest BCUT2D eigenvalue weighted by Crippen LogP contribution is -2.30. The first-order valence-electron chi connectivity index (χ1n) is 6.31. The van der Waals surface area contributed by atoms with Crippen molar-refractivity contribution < 1.29 is 13.9 Å². The highest BCUT2D eigenvalue weighted by Gasteiger charge is 2.19. The van der Waals surface area contributed by atoms with Crippen molar-refractivity contribution in [3.05, 3.63) is 23.5 Å². The molecule has 1 unspecified atom stereocenters. The SMILES string of the molecule is COC(=O)c1cc(N(C)C(C)CCSC)c(F)cc1N. The Morgan fingerprint density at radius 1 is 1.55 bits per heavy atom. The molecular weight excluding hydrogens is 279 g/mol. The smallest absolute Gasteiger partial charge is 0.340 e. The van der Waals surface area contributed by atoms with Gasteiger partial charge in [0.15, 0.2) is 0 Å². The number of rotatable bonds is 6. The summed E-state index contributed by atoms with van der Waals surface area (Å²) in [5.41, 5.74) is 6.29. The number of hydrogen-bond acceptors (Lipinski definition) is 5. The number of ether oxygens (including phenoxy) is 1. The van der Waals surface area contributed by atoms with Gasteiger partial charge in [-0.3, -0.25) is 0 Å². The van der Waals surface area contributed by atoms with Gasteiger partial charge in [-0.25, -0.2) is 9.18 Å². The van der Waals surface area contributed by atoms with Crippen LogP contribution in [0.3, 0.4) is 0 Å². The predicted molar refractivity (Wildman–Crippen MR) is 83.0 cm³/mol. The van der Waals surface area contributed by atoms with E-state index in [4.69, 9.17) is 5.73 Å². The normalized spacial score (nSPS) is 12.1. The second kappa shape index (κ2) is 7.38. The van der Waals surface area contributed by atoms with Crippen LogP contribution >= 0.6 is 11.8 Å². The predicted octanol–water partition coefficient (Wildman–Crippen LogP) is 2.77. The molecule has 0 fully saturated rings. The van der Waals surface area contributed by atoms with Gasteiger partial charge in [-0.1, -0.05) is 0 Å². The Morgan fingerprint density at radius 2 is 2.20 bits per heavy atom. The minimum atomic E-state index is -0.561. The molecule has 1 aromatic rings. The second-order valence-corrected chi connectivity index (χ2v) is 5.61. The lowest BCUT2D eigenvalue weighted by molar-refractivity contribution is 0.0602. The van der Waals surface area contributed by atoms with Crippen molar-refractivity contribution in [2.24, 2.45) is 0 Å². The molecule has 2 N–H and O–H groups in total. The number of methoxy groups -OCH3 is 1. The first kappa shape index (κ1) is 16.6. The Kier molecular flexibility index (Phi) is 6.13. The summed E-state index contributed by atoms with van der Waals surface area (Å²) in [7, 11) is 3.08. The number of halogens is 1. The summed E-state index contributed by atoms with van der Waals surface area (Å²) in [6.45, 7) is 2.02. The van der Waals surface area contributed by atoms with Gasteiger partial charge in [-0.05, 0) is 37.5 Å². The molecule has 0 aliphatic heterocycles. The summed E-state index contributed by atoms with van der Waals surface area (Å²) in [6, 6.07) is 2.77. The average Bonchev–Trinajstić information content (AvgIpc) is 2.43. The molecule has 4 nitrogen and oxygen atoms in total. The maximum Gasteiger partial charge on any atom is 0.340 e. The van der Waals surface area contributed by atoms with Crippen LogP contribution in [0, 0.1) is 5.82 Å². The molecule has 0 saturated carbocycles. The Labute approximate surface area is 123 Å². The third kappa shape index (κ3) is 3.79. The Bertz CT molecular complexity index is 482. The van der Waals surface area contributed by atoms with E-state index in [1.54, 1.807) is 18.8 Å². The maximum absolute atomic E-state index is 14.1. The molecule has 0 radical (unpaired) electrons. The van der Waals surface area contributed by atoms with E-state index in [9.17, 15) is 9.18 Å². The van der Waals surface area contributed by atoms with E-state index in [0.717, 1.165) is 12.2 Å². The molecule has 0 aliphatic carbocycles. The molecule has 0 amide bonds. The highest BCUT2D eigenvalue weighted by Crippen LogP contribution is 2.27. The van der Waals surface area contributed by atoms with Crippen LogP contribution in [-0.2, 0) is 4.74 Å². The van der Waals surface area contributed by atoms with Gasteiger partial charge in [-0.2, -0.15) is 11.8 Å². The van der Waals surface area contributed by atoms with E-state index in [-0.39, 0.29) is 17.3 Å². The number of esters is 1. The van der Waals surface area contributed by atoms with Crippen molar-refractivity contribution >= 4 is 29.1 Å². The van der Waals surface area contributed by atoms with Crippen LogP contribution in [0.5, 0.6) is 0 Å². The van der Waals surface area contributed by atoms with E-state index in [1.165, 1.54) is 19.2 Å². The summed E-state index contributed by atoms with van der Waals surface area (Å²) < 4.78 is 18.7. The van der Waals surface area contributed by atoms with Crippen LogP contribution in [0.15, 0.2) is 12.1 Å². The molecule has 1 atom stereocenters. The number of benzene rings is 1. The zero-order valence-electron chi connectivity index (χ0n) is 12.3. The number of hydrogen-bond donors (Lipinski definition) is 1. The summed E-state index contributed by atoms with van der Waals surface area (Å²) >= 11 is 1.75. The molecule has 1 rings (SSSR count). The largest absolute Gasteiger partial charge is 0.465 e. The molecule has 20 heavy (non-hydrogen) atoms. The second-order valence-electron chi connectivity index (χ2n) is 4.62. The summed E-state index contributed by atoms with van der Waals surface area (Å²) in [6.07, 6.45) is 2.96. The van der Waals surface area contributed by atoms with Gasteiger partial charge >= 0.3 is 5.97 Å². The van der Waals surface area contributed by atoms with Crippen LogP contribution in [0.25, 0.3) is 0 Å². The third-order valence-corrected chi connectivity index (χ3v) is 3.95. The van der Waals surface area contributed by atoms with Gasteiger partial charge in [0.05, 0.1) is 18.4 Å². The highest BCUT2D eigenvalue weighted by molar-refractivity contribution is 7.98. The standard InChI is InChI=1S/C14H21FN2O2S/c1-9(5-6-20-4)17(2)13-7-10(14(18)19-3)12(16)8-11(13)15/h7-9H,5-6,16H2,1-4H3. The van der Waals surface area contributed by atoms with Crippen molar-refractivity contribution in [1.29, 1.82) is 0 Å².